The number of fused-ring (bicyclic) bond motifs is 1. The molecule has 1 atom stereocenters. The lowest BCUT2D eigenvalue weighted by atomic mass is 10.0. The van der Waals surface area contributed by atoms with Crippen LogP contribution in [0.4, 0.5) is 0 Å². The topological polar surface area (TPSA) is 60.5 Å². The minimum Gasteiger partial charge on any atom is -0.497 e. The van der Waals surface area contributed by atoms with E-state index in [1.165, 1.54) is 16.0 Å². The van der Waals surface area contributed by atoms with Gasteiger partial charge in [-0.05, 0) is 42.3 Å². The van der Waals surface area contributed by atoms with Crippen molar-refractivity contribution in [3.05, 3.63) is 75.6 Å². The van der Waals surface area contributed by atoms with Crippen LogP contribution in [0.3, 0.4) is 0 Å². The van der Waals surface area contributed by atoms with Crippen LogP contribution in [0.25, 0.3) is 11.0 Å². The summed E-state index contributed by atoms with van der Waals surface area (Å²) in [5.41, 5.74) is 3.88. The van der Waals surface area contributed by atoms with Crippen LogP contribution in [0.15, 0.2) is 57.7 Å². The number of nitrogens with two attached hydrogens (primary N) is 1. The first-order valence-corrected chi connectivity index (χ1v) is 9.83. The van der Waals surface area contributed by atoms with Crippen LogP contribution in [0.5, 0.6) is 5.75 Å². The Bertz CT molecular complexity index is 977. The van der Waals surface area contributed by atoms with E-state index in [9.17, 15) is 4.79 Å². The number of likely N-dealkylation sites (N-methyl/N-ethyl adjacent to an activating group) is 1. The first kappa shape index (κ1) is 20.1. The largest absolute Gasteiger partial charge is 0.497 e. The third-order valence-corrected chi connectivity index (χ3v) is 5.28. The number of quaternary nitrogens is 2. The van der Waals surface area contributed by atoms with Gasteiger partial charge >= 0.3 is 5.63 Å². The maximum absolute atomic E-state index is 12.0. The molecule has 28 heavy (non-hydrogen) atoms. The molecule has 1 heterocycles. The molecule has 0 aliphatic carbocycles. The zero-order chi connectivity index (χ0) is 20.1. The summed E-state index contributed by atoms with van der Waals surface area (Å²) >= 11 is 0. The Kier molecular flexibility index (Phi) is 6.49. The van der Waals surface area contributed by atoms with Crippen LogP contribution in [-0.4, -0.2) is 27.7 Å². The lowest BCUT2D eigenvalue weighted by Crippen LogP contribution is -3.09. The van der Waals surface area contributed by atoms with Gasteiger partial charge in [0.05, 0.1) is 21.2 Å². The molecule has 0 spiro atoms. The molecule has 0 aliphatic rings. The Hall–Kier alpha value is -2.63. The number of benzene rings is 2. The quantitative estimate of drug-likeness (QED) is 0.578. The fraction of sp³-hybridized carbons (Fsp3) is 0.348. The van der Waals surface area contributed by atoms with Crippen molar-refractivity contribution in [1.82, 2.24) is 0 Å². The Morgan fingerprint density at radius 3 is 2.50 bits per heavy atom. The Morgan fingerprint density at radius 1 is 1.11 bits per heavy atom. The minimum atomic E-state index is -0.283. The fourth-order valence-electron chi connectivity index (χ4n) is 3.61. The highest BCUT2D eigenvalue weighted by Gasteiger charge is 2.20. The van der Waals surface area contributed by atoms with Gasteiger partial charge in [-0.3, -0.25) is 0 Å². The molecule has 5 heteroatoms. The molecule has 148 valence electrons. The Morgan fingerprint density at radius 2 is 1.86 bits per heavy atom. The highest BCUT2D eigenvalue weighted by atomic mass is 16.5. The standard InChI is InChI=1S/C23H28N2O3/c1-5-16-6-11-20-18(13-23(26)28-22(20)12-16)14-24-15-21(25(2)3)17-7-9-19(27-4)10-8-17/h6-13,21,24H,5,14-15H2,1-4H3/p+2/t21-/m1/s1. The molecular formula is C23H30N2O3+2. The summed E-state index contributed by atoms with van der Waals surface area (Å²) in [6.45, 7) is 3.76. The first-order chi connectivity index (χ1) is 13.5. The number of rotatable bonds is 8. The van der Waals surface area contributed by atoms with E-state index in [-0.39, 0.29) is 5.63 Å². The van der Waals surface area contributed by atoms with Crippen molar-refractivity contribution < 1.29 is 19.4 Å². The maximum atomic E-state index is 12.0. The smallest absolute Gasteiger partial charge is 0.336 e. The average Bonchev–Trinajstić information content (AvgIpc) is 2.70. The van der Waals surface area contributed by atoms with Gasteiger partial charge in [0.1, 0.15) is 24.4 Å². The number of methoxy groups -OCH3 is 1. The lowest BCUT2D eigenvalue weighted by molar-refractivity contribution is -0.910. The van der Waals surface area contributed by atoms with E-state index in [1.54, 1.807) is 13.2 Å². The average molecular weight is 383 g/mol. The van der Waals surface area contributed by atoms with Crippen LogP contribution in [-0.2, 0) is 13.0 Å². The molecule has 0 bridgehead atoms. The summed E-state index contributed by atoms with van der Waals surface area (Å²) < 4.78 is 10.7. The molecule has 0 radical (unpaired) electrons. The van der Waals surface area contributed by atoms with Gasteiger partial charge in [0.25, 0.3) is 0 Å². The summed E-state index contributed by atoms with van der Waals surface area (Å²) in [6, 6.07) is 16.4. The van der Waals surface area contributed by atoms with E-state index in [1.807, 2.05) is 18.2 Å². The van der Waals surface area contributed by atoms with Crippen LogP contribution in [0.1, 0.15) is 29.7 Å². The van der Waals surface area contributed by atoms with Crippen LogP contribution in [0, 0.1) is 0 Å². The molecular weight excluding hydrogens is 352 g/mol. The van der Waals surface area contributed by atoms with E-state index >= 15 is 0 Å². The minimum absolute atomic E-state index is 0.283. The third kappa shape index (κ3) is 4.61. The summed E-state index contributed by atoms with van der Waals surface area (Å²) in [6.07, 6.45) is 0.922. The van der Waals surface area contributed by atoms with Gasteiger partial charge in [-0.15, -0.1) is 0 Å². The van der Waals surface area contributed by atoms with Crippen molar-refractivity contribution in [3.63, 3.8) is 0 Å². The van der Waals surface area contributed by atoms with Gasteiger partial charge in [-0.1, -0.05) is 19.1 Å². The molecule has 0 amide bonds. The zero-order valence-corrected chi connectivity index (χ0v) is 17.1. The number of aryl methyl sites for hydroxylation is 1. The fourth-order valence-corrected chi connectivity index (χ4v) is 3.61. The van der Waals surface area contributed by atoms with E-state index < -0.39 is 0 Å². The highest BCUT2D eigenvalue weighted by Crippen LogP contribution is 2.19. The van der Waals surface area contributed by atoms with Crippen molar-refractivity contribution in [3.8, 4) is 5.75 Å². The summed E-state index contributed by atoms with van der Waals surface area (Å²) in [5, 5.41) is 3.29. The van der Waals surface area contributed by atoms with Crippen molar-refractivity contribution in [2.24, 2.45) is 0 Å². The molecule has 2 aromatic carbocycles. The molecule has 0 unspecified atom stereocenters. The molecule has 0 aliphatic heterocycles. The molecule has 3 rings (SSSR count). The van der Waals surface area contributed by atoms with Crippen molar-refractivity contribution in [2.75, 3.05) is 27.7 Å². The second-order valence-electron chi connectivity index (χ2n) is 7.41. The molecule has 5 nitrogen and oxygen atoms in total. The molecule has 0 saturated heterocycles. The van der Waals surface area contributed by atoms with E-state index in [4.69, 9.17) is 9.15 Å². The molecule has 0 saturated carbocycles. The van der Waals surface area contributed by atoms with E-state index in [2.05, 4.69) is 50.6 Å². The predicted octanol–water partition coefficient (Wildman–Crippen LogP) is 1.31. The number of hydrogen-bond acceptors (Lipinski definition) is 3. The SMILES string of the molecule is CCc1ccc2c(C[NH2+]C[C@H](c3ccc(OC)cc3)[NH+](C)C)cc(=O)oc2c1. The van der Waals surface area contributed by atoms with Crippen molar-refractivity contribution >= 4 is 11.0 Å². The molecule has 1 aromatic heterocycles. The van der Waals surface area contributed by atoms with Crippen molar-refractivity contribution in [1.29, 1.82) is 0 Å². The van der Waals surface area contributed by atoms with E-state index in [0.29, 0.717) is 11.6 Å². The van der Waals surface area contributed by atoms with Gasteiger partial charge in [0.2, 0.25) is 0 Å². The summed E-state index contributed by atoms with van der Waals surface area (Å²) in [4.78, 5) is 13.4. The third-order valence-electron chi connectivity index (χ3n) is 5.28. The number of nitrogens with one attached hydrogen (secondary N) is 1. The lowest BCUT2D eigenvalue weighted by Gasteiger charge is -2.20. The zero-order valence-electron chi connectivity index (χ0n) is 17.1. The molecule has 3 aromatic rings. The van der Waals surface area contributed by atoms with Crippen molar-refractivity contribution in [2.45, 2.75) is 25.9 Å². The monoisotopic (exact) mass is 382 g/mol. The molecule has 3 N–H and O–H groups in total. The van der Waals surface area contributed by atoms with Crippen LogP contribution < -0.4 is 20.6 Å². The second kappa shape index (κ2) is 9.04. The summed E-state index contributed by atoms with van der Waals surface area (Å²) in [5.74, 6) is 0.870. The maximum Gasteiger partial charge on any atom is 0.336 e. The van der Waals surface area contributed by atoms with Gasteiger partial charge < -0.3 is 19.4 Å². The van der Waals surface area contributed by atoms with Gasteiger partial charge in [-0.2, -0.15) is 0 Å². The molecule has 0 fully saturated rings. The predicted molar refractivity (Wildman–Crippen MR) is 111 cm³/mol. The van der Waals surface area contributed by atoms with Gasteiger partial charge in [-0.25, -0.2) is 4.79 Å². The van der Waals surface area contributed by atoms with E-state index in [0.717, 1.165) is 36.2 Å². The highest BCUT2D eigenvalue weighted by molar-refractivity contribution is 5.80. The number of hydrogen-bond donors (Lipinski definition) is 2. The normalized spacial score (nSPS) is 12.5. The van der Waals surface area contributed by atoms with Crippen LogP contribution >= 0.6 is 0 Å². The second-order valence-corrected chi connectivity index (χ2v) is 7.41. The first-order valence-electron chi connectivity index (χ1n) is 9.83. The van der Waals surface area contributed by atoms with Crippen LogP contribution in [0.2, 0.25) is 0 Å². The van der Waals surface area contributed by atoms with Gasteiger partial charge in [0, 0.05) is 22.6 Å². The van der Waals surface area contributed by atoms with Gasteiger partial charge in [0.15, 0.2) is 6.04 Å². The Balaban J connectivity index is 1.76. The summed E-state index contributed by atoms with van der Waals surface area (Å²) in [7, 11) is 6.02. The number of ether oxygens (including phenoxy) is 1. The Labute approximate surface area is 165 Å².